The van der Waals surface area contributed by atoms with Gasteiger partial charge < -0.3 is 5.32 Å². The van der Waals surface area contributed by atoms with Gasteiger partial charge in [-0.1, -0.05) is 81.4 Å². The third-order valence-corrected chi connectivity index (χ3v) is 5.69. The number of fused-ring (bicyclic) bond motifs is 1. The molecule has 1 aromatic heterocycles. The summed E-state index contributed by atoms with van der Waals surface area (Å²) >= 11 is 1.80. The molecule has 0 spiro atoms. The van der Waals surface area contributed by atoms with Crippen LogP contribution in [0.5, 0.6) is 0 Å². The van der Waals surface area contributed by atoms with Gasteiger partial charge in [0.05, 0.1) is 5.00 Å². The molecule has 3 aromatic carbocycles. The van der Waals surface area contributed by atoms with Crippen molar-refractivity contribution < 1.29 is 0 Å². The third kappa shape index (κ3) is 3.38. The van der Waals surface area contributed by atoms with E-state index in [9.17, 15) is 0 Å². The highest BCUT2D eigenvalue weighted by atomic mass is 32.1. The fourth-order valence-electron chi connectivity index (χ4n) is 3.16. The van der Waals surface area contributed by atoms with E-state index in [2.05, 4.69) is 105 Å². The van der Waals surface area contributed by atoms with Gasteiger partial charge in [-0.25, -0.2) is 0 Å². The molecule has 0 radical (unpaired) electrons. The zero-order valence-electron chi connectivity index (χ0n) is 15.4. The van der Waals surface area contributed by atoms with Gasteiger partial charge in [-0.15, -0.1) is 11.3 Å². The average Bonchev–Trinajstić information content (AvgIpc) is 3.04. The van der Waals surface area contributed by atoms with Gasteiger partial charge in [0.2, 0.25) is 0 Å². The minimum atomic E-state index is 0.117. The summed E-state index contributed by atoms with van der Waals surface area (Å²) in [5.74, 6) is 0. The lowest BCUT2D eigenvalue weighted by atomic mass is 9.85. The standard InChI is InChI=1S/C24H23NS/c1-24(2,3)19-13-14-20(17-9-5-4-6-10-17)21(16-19)25-23-15-18-11-7-8-12-22(18)26-23/h4-16,25H,1-3H3. The molecule has 0 unspecified atom stereocenters. The molecule has 0 atom stereocenters. The van der Waals surface area contributed by atoms with Crippen molar-refractivity contribution in [3.63, 3.8) is 0 Å². The number of thiophene rings is 1. The van der Waals surface area contributed by atoms with E-state index in [1.807, 2.05) is 0 Å². The Morgan fingerprint density at radius 3 is 2.23 bits per heavy atom. The van der Waals surface area contributed by atoms with Crippen LogP contribution in [0.25, 0.3) is 21.2 Å². The summed E-state index contributed by atoms with van der Waals surface area (Å²) in [5.41, 5.74) is 5.08. The van der Waals surface area contributed by atoms with Crippen molar-refractivity contribution in [3.05, 3.63) is 84.4 Å². The number of hydrogen-bond donors (Lipinski definition) is 1. The van der Waals surface area contributed by atoms with E-state index < -0.39 is 0 Å². The molecule has 1 N–H and O–H groups in total. The molecule has 1 heterocycles. The van der Waals surface area contributed by atoms with Crippen molar-refractivity contribution in [2.45, 2.75) is 26.2 Å². The highest BCUT2D eigenvalue weighted by Gasteiger charge is 2.16. The van der Waals surface area contributed by atoms with E-state index in [-0.39, 0.29) is 5.41 Å². The second-order valence-electron chi connectivity index (χ2n) is 7.65. The van der Waals surface area contributed by atoms with Gasteiger partial charge >= 0.3 is 0 Å². The molecule has 130 valence electrons. The number of nitrogens with one attached hydrogen (secondary N) is 1. The Morgan fingerprint density at radius 1 is 0.769 bits per heavy atom. The van der Waals surface area contributed by atoms with Crippen molar-refractivity contribution >= 4 is 32.1 Å². The van der Waals surface area contributed by atoms with Gasteiger partial charge in [-0.05, 0) is 40.1 Å². The van der Waals surface area contributed by atoms with E-state index in [0.717, 1.165) is 5.69 Å². The van der Waals surface area contributed by atoms with E-state index >= 15 is 0 Å². The fourth-order valence-corrected chi connectivity index (χ4v) is 4.14. The Hall–Kier alpha value is -2.58. The maximum atomic E-state index is 3.69. The van der Waals surface area contributed by atoms with Crippen LogP contribution in [0.4, 0.5) is 10.7 Å². The molecule has 0 aliphatic rings. The number of anilines is 2. The molecule has 0 bridgehead atoms. The van der Waals surface area contributed by atoms with Gasteiger partial charge in [-0.2, -0.15) is 0 Å². The minimum Gasteiger partial charge on any atom is -0.347 e. The molecule has 0 saturated carbocycles. The Bertz CT molecular complexity index is 1010. The lowest BCUT2D eigenvalue weighted by molar-refractivity contribution is 0.590. The van der Waals surface area contributed by atoms with Crippen LogP contribution in [0.3, 0.4) is 0 Å². The number of rotatable bonds is 3. The highest BCUT2D eigenvalue weighted by Crippen LogP contribution is 2.37. The van der Waals surface area contributed by atoms with Crippen molar-refractivity contribution in [2.75, 3.05) is 5.32 Å². The second kappa shape index (κ2) is 6.62. The lowest BCUT2D eigenvalue weighted by Gasteiger charge is -2.22. The Morgan fingerprint density at radius 2 is 1.50 bits per heavy atom. The topological polar surface area (TPSA) is 12.0 Å². The van der Waals surface area contributed by atoms with Gasteiger partial charge in [0.15, 0.2) is 0 Å². The third-order valence-electron chi connectivity index (χ3n) is 4.65. The van der Waals surface area contributed by atoms with Crippen molar-refractivity contribution in [1.82, 2.24) is 0 Å². The van der Waals surface area contributed by atoms with Crippen LogP contribution in [-0.4, -0.2) is 0 Å². The summed E-state index contributed by atoms with van der Waals surface area (Å²) in [6.07, 6.45) is 0. The van der Waals surface area contributed by atoms with Crippen LogP contribution in [0.2, 0.25) is 0 Å². The van der Waals surface area contributed by atoms with E-state index in [4.69, 9.17) is 0 Å². The summed E-state index contributed by atoms with van der Waals surface area (Å²) in [6, 6.07) is 28.1. The predicted molar refractivity (Wildman–Crippen MR) is 116 cm³/mol. The molecule has 0 amide bonds. The number of hydrogen-bond acceptors (Lipinski definition) is 2. The van der Waals surface area contributed by atoms with Gasteiger partial charge in [0.1, 0.15) is 0 Å². The van der Waals surface area contributed by atoms with Gasteiger partial charge in [0, 0.05) is 16.0 Å². The zero-order chi connectivity index (χ0) is 18.1. The van der Waals surface area contributed by atoms with Crippen LogP contribution < -0.4 is 5.32 Å². The molecule has 0 aliphatic carbocycles. The van der Waals surface area contributed by atoms with E-state index in [0.29, 0.717) is 0 Å². The van der Waals surface area contributed by atoms with Crippen LogP contribution >= 0.6 is 11.3 Å². The normalized spacial score (nSPS) is 11.7. The first-order valence-corrected chi connectivity index (χ1v) is 9.78. The first-order chi connectivity index (χ1) is 12.5. The van der Waals surface area contributed by atoms with Crippen LogP contribution in [-0.2, 0) is 5.41 Å². The molecule has 0 saturated heterocycles. The van der Waals surface area contributed by atoms with E-state index in [1.165, 1.54) is 31.8 Å². The average molecular weight is 358 g/mol. The fraction of sp³-hybridized carbons (Fsp3) is 0.167. The summed E-state index contributed by atoms with van der Waals surface area (Å²) in [7, 11) is 0. The highest BCUT2D eigenvalue weighted by molar-refractivity contribution is 7.22. The Labute approximate surface area is 159 Å². The molecule has 0 fully saturated rings. The first kappa shape index (κ1) is 16.9. The Balaban J connectivity index is 1.81. The first-order valence-electron chi connectivity index (χ1n) is 8.96. The maximum Gasteiger partial charge on any atom is 0.0939 e. The summed E-state index contributed by atoms with van der Waals surface area (Å²) in [5, 5.41) is 6.15. The Kier molecular flexibility index (Phi) is 4.29. The quantitative estimate of drug-likeness (QED) is 0.398. The lowest BCUT2D eigenvalue weighted by Crippen LogP contribution is -2.11. The molecule has 0 aliphatic heterocycles. The molecule has 2 heteroatoms. The molecule has 4 aromatic rings. The summed E-state index contributed by atoms with van der Waals surface area (Å²) < 4.78 is 1.31. The van der Waals surface area contributed by atoms with Crippen LogP contribution in [0.15, 0.2) is 78.9 Å². The largest absolute Gasteiger partial charge is 0.347 e. The monoisotopic (exact) mass is 357 g/mol. The van der Waals surface area contributed by atoms with Crippen LogP contribution in [0.1, 0.15) is 26.3 Å². The second-order valence-corrected chi connectivity index (χ2v) is 8.73. The maximum absolute atomic E-state index is 3.69. The molecule has 1 nitrogen and oxygen atoms in total. The zero-order valence-corrected chi connectivity index (χ0v) is 16.2. The predicted octanol–water partition coefficient (Wildman–Crippen LogP) is 7.61. The van der Waals surface area contributed by atoms with Gasteiger partial charge in [0.25, 0.3) is 0 Å². The molecule has 26 heavy (non-hydrogen) atoms. The molecular formula is C24H23NS. The van der Waals surface area contributed by atoms with Crippen LogP contribution in [0, 0.1) is 0 Å². The summed E-state index contributed by atoms with van der Waals surface area (Å²) in [4.78, 5) is 0. The van der Waals surface area contributed by atoms with Gasteiger partial charge in [-0.3, -0.25) is 0 Å². The minimum absolute atomic E-state index is 0.117. The SMILES string of the molecule is CC(C)(C)c1ccc(-c2ccccc2)c(Nc2cc3ccccc3s2)c1. The van der Waals surface area contributed by atoms with E-state index in [1.54, 1.807) is 11.3 Å². The number of benzene rings is 3. The van der Waals surface area contributed by atoms with Crippen molar-refractivity contribution in [3.8, 4) is 11.1 Å². The van der Waals surface area contributed by atoms with Crippen molar-refractivity contribution in [2.24, 2.45) is 0 Å². The molecule has 4 rings (SSSR count). The molecular weight excluding hydrogens is 334 g/mol. The smallest absolute Gasteiger partial charge is 0.0939 e. The van der Waals surface area contributed by atoms with Crippen molar-refractivity contribution in [1.29, 1.82) is 0 Å². The summed E-state index contributed by atoms with van der Waals surface area (Å²) in [6.45, 7) is 6.77.